The predicted octanol–water partition coefficient (Wildman–Crippen LogP) is 3.94. The lowest BCUT2D eigenvalue weighted by Crippen LogP contribution is -2.27. The van der Waals surface area contributed by atoms with Crippen molar-refractivity contribution in [2.24, 2.45) is 5.16 Å². The van der Waals surface area contributed by atoms with Crippen LogP contribution in [0.25, 0.3) is 0 Å². The van der Waals surface area contributed by atoms with E-state index in [4.69, 9.17) is 4.84 Å². The highest BCUT2D eigenvalue weighted by Crippen LogP contribution is 2.48. The fourth-order valence-electron chi connectivity index (χ4n) is 2.57. The van der Waals surface area contributed by atoms with Gasteiger partial charge in [-0.3, -0.25) is 0 Å². The number of hydrogen-bond acceptors (Lipinski definition) is 4. The molecule has 19 heavy (non-hydrogen) atoms. The van der Waals surface area contributed by atoms with Crippen LogP contribution < -0.4 is 0 Å². The van der Waals surface area contributed by atoms with Gasteiger partial charge in [-0.2, -0.15) is 0 Å². The molecule has 1 aromatic rings. The summed E-state index contributed by atoms with van der Waals surface area (Å²) >= 11 is 1.86. The highest BCUT2D eigenvalue weighted by molar-refractivity contribution is 8.00. The molecule has 0 aromatic heterocycles. The zero-order valence-corrected chi connectivity index (χ0v) is 13.2. The van der Waals surface area contributed by atoms with Gasteiger partial charge in [0.05, 0.1) is 5.71 Å². The number of phenolic OH excluding ortho intramolecular Hbond substituents is 1. The number of aromatic hydroxyl groups is 1. The molecule has 0 saturated carbocycles. The first kappa shape index (κ1) is 14.3. The van der Waals surface area contributed by atoms with Gasteiger partial charge < -0.3 is 9.94 Å². The highest BCUT2D eigenvalue weighted by atomic mass is 32.2. The van der Waals surface area contributed by atoms with Crippen LogP contribution in [0.4, 0.5) is 0 Å². The fraction of sp³-hybridized carbons (Fsp3) is 0.533. The van der Waals surface area contributed by atoms with Gasteiger partial charge in [0.1, 0.15) is 12.9 Å². The summed E-state index contributed by atoms with van der Waals surface area (Å²) in [6.45, 7) is 10.4. The summed E-state index contributed by atoms with van der Waals surface area (Å²) < 4.78 is 0.0883. The maximum absolute atomic E-state index is 10.3. The van der Waals surface area contributed by atoms with Crippen molar-refractivity contribution < 1.29 is 9.94 Å². The minimum atomic E-state index is 0.0883. The zero-order chi connectivity index (χ0) is 14.4. The Morgan fingerprint density at radius 1 is 1.16 bits per heavy atom. The quantitative estimate of drug-likeness (QED) is 0.792. The van der Waals surface area contributed by atoms with E-state index in [0.29, 0.717) is 5.75 Å². The third-order valence-corrected chi connectivity index (χ3v) is 5.09. The minimum Gasteiger partial charge on any atom is -0.507 e. The van der Waals surface area contributed by atoms with Crippen LogP contribution in [0.15, 0.2) is 10.1 Å². The minimum absolute atomic E-state index is 0.0883. The van der Waals surface area contributed by atoms with Crippen molar-refractivity contribution in [1.29, 1.82) is 0 Å². The van der Waals surface area contributed by atoms with E-state index in [0.717, 1.165) is 34.4 Å². The lowest BCUT2D eigenvalue weighted by molar-refractivity contribution is 0.212. The second kappa shape index (κ2) is 4.75. The van der Waals surface area contributed by atoms with Crippen LogP contribution in [0, 0.1) is 20.8 Å². The van der Waals surface area contributed by atoms with Gasteiger partial charge in [0.25, 0.3) is 0 Å². The topological polar surface area (TPSA) is 41.8 Å². The molecule has 0 fully saturated rings. The number of thioether (sulfide) groups is 1. The molecular formula is C15H21NO2S. The molecular weight excluding hydrogens is 258 g/mol. The summed E-state index contributed by atoms with van der Waals surface area (Å²) in [5, 5.41) is 14.4. The molecule has 0 unspecified atom stereocenters. The Morgan fingerprint density at radius 3 is 2.37 bits per heavy atom. The van der Waals surface area contributed by atoms with Gasteiger partial charge in [-0.15, -0.1) is 11.8 Å². The summed E-state index contributed by atoms with van der Waals surface area (Å²) in [5.74, 6) is 0.375. The Balaban J connectivity index is 2.78. The van der Waals surface area contributed by atoms with E-state index in [1.807, 2.05) is 25.6 Å². The second-order valence-corrected chi connectivity index (χ2v) is 7.40. The maximum Gasteiger partial charge on any atom is 0.122 e. The molecule has 0 spiro atoms. The summed E-state index contributed by atoms with van der Waals surface area (Å²) in [6, 6.07) is 0. The normalized spacial score (nSPS) is 19.4. The Kier molecular flexibility index (Phi) is 3.56. The SMILES string of the molecule is CON=C1CC(C)(C)Sc2c(C)c(C)c(O)c(C)c21. The van der Waals surface area contributed by atoms with Crippen molar-refractivity contribution >= 4 is 17.5 Å². The third-order valence-electron chi connectivity index (χ3n) is 3.68. The molecule has 0 saturated heterocycles. The molecule has 1 aliphatic rings. The number of nitrogens with zero attached hydrogens (tertiary/aromatic N) is 1. The summed E-state index contributed by atoms with van der Waals surface area (Å²) in [5.41, 5.74) is 4.97. The van der Waals surface area contributed by atoms with E-state index in [2.05, 4.69) is 25.9 Å². The van der Waals surface area contributed by atoms with Gasteiger partial charge in [-0.1, -0.05) is 5.16 Å². The van der Waals surface area contributed by atoms with Gasteiger partial charge in [-0.25, -0.2) is 0 Å². The average molecular weight is 279 g/mol. The molecule has 2 rings (SSSR count). The molecule has 1 aromatic carbocycles. The summed E-state index contributed by atoms with van der Waals surface area (Å²) in [6.07, 6.45) is 0.835. The smallest absolute Gasteiger partial charge is 0.122 e. The van der Waals surface area contributed by atoms with Crippen molar-refractivity contribution in [1.82, 2.24) is 0 Å². The first-order valence-corrected chi connectivity index (χ1v) is 7.22. The van der Waals surface area contributed by atoms with Crippen molar-refractivity contribution in [3.63, 3.8) is 0 Å². The maximum atomic E-state index is 10.3. The lowest BCUT2D eigenvalue weighted by atomic mass is 9.91. The first-order valence-electron chi connectivity index (χ1n) is 6.40. The molecule has 0 aliphatic carbocycles. The van der Waals surface area contributed by atoms with Crippen molar-refractivity contribution in [2.75, 3.05) is 7.11 Å². The molecule has 1 aliphatic heterocycles. The van der Waals surface area contributed by atoms with Gasteiger partial charge in [0, 0.05) is 27.2 Å². The average Bonchev–Trinajstić information content (AvgIpc) is 2.32. The van der Waals surface area contributed by atoms with Gasteiger partial charge in [0.2, 0.25) is 0 Å². The predicted molar refractivity (Wildman–Crippen MR) is 80.4 cm³/mol. The number of benzene rings is 1. The Hall–Kier alpha value is -1.16. The van der Waals surface area contributed by atoms with Gasteiger partial charge >= 0.3 is 0 Å². The molecule has 0 bridgehead atoms. The summed E-state index contributed by atoms with van der Waals surface area (Å²) in [4.78, 5) is 6.22. The second-order valence-electron chi connectivity index (χ2n) is 5.69. The van der Waals surface area contributed by atoms with Crippen molar-refractivity contribution in [2.45, 2.75) is 50.7 Å². The Morgan fingerprint density at radius 2 is 1.79 bits per heavy atom. The Bertz CT molecular complexity index is 562. The van der Waals surface area contributed by atoms with Crippen LogP contribution in [0.1, 0.15) is 42.5 Å². The lowest BCUT2D eigenvalue weighted by Gasteiger charge is -2.34. The molecule has 0 amide bonds. The largest absolute Gasteiger partial charge is 0.507 e. The molecule has 1 heterocycles. The van der Waals surface area contributed by atoms with Crippen LogP contribution >= 0.6 is 11.8 Å². The van der Waals surface area contributed by atoms with E-state index in [9.17, 15) is 5.11 Å². The fourth-order valence-corrected chi connectivity index (χ4v) is 4.01. The molecule has 0 atom stereocenters. The monoisotopic (exact) mass is 279 g/mol. The molecule has 0 radical (unpaired) electrons. The van der Waals surface area contributed by atoms with Crippen molar-refractivity contribution in [3.8, 4) is 5.75 Å². The van der Waals surface area contributed by atoms with Crippen molar-refractivity contribution in [3.05, 3.63) is 22.3 Å². The van der Waals surface area contributed by atoms with Crippen LogP contribution in [-0.2, 0) is 4.84 Å². The first-order chi connectivity index (χ1) is 8.78. The third kappa shape index (κ3) is 2.34. The molecule has 1 N–H and O–H groups in total. The van der Waals surface area contributed by atoms with Gasteiger partial charge in [-0.05, 0) is 45.7 Å². The molecule has 4 heteroatoms. The standard InChI is InChI=1S/C15H21NO2S/c1-8-9(2)14-12(10(3)13(8)17)11(16-18-6)7-15(4,5)19-14/h17H,7H2,1-6H3. The number of hydrogen-bond donors (Lipinski definition) is 1. The van der Waals surface area contributed by atoms with E-state index >= 15 is 0 Å². The Labute approximate surface area is 119 Å². The number of oxime groups is 1. The number of rotatable bonds is 1. The summed E-state index contributed by atoms with van der Waals surface area (Å²) in [7, 11) is 1.57. The van der Waals surface area contributed by atoms with Crippen LogP contribution in [0.2, 0.25) is 0 Å². The zero-order valence-electron chi connectivity index (χ0n) is 12.4. The molecule has 104 valence electrons. The van der Waals surface area contributed by atoms with E-state index < -0.39 is 0 Å². The van der Waals surface area contributed by atoms with Crippen LogP contribution in [0.3, 0.4) is 0 Å². The highest BCUT2D eigenvalue weighted by Gasteiger charge is 2.34. The van der Waals surface area contributed by atoms with E-state index in [-0.39, 0.29) is 4.75 Å². The van der Waals surface area contributed by atoms with Crippen LogP contribution in [0.5, 0.6) is 5.75 Å². The van der Waals surface area contributed by atoms with E-state index in [1.54, 1.807) is 7.11 Å². The number of fused-ring (bicyclic) bond motifs is 1. The van der Waals surface area contributed by atoms with E-state index in [1.165, 1.54) is 4.90 Å². The molecule has 3 nitrogen and oxygen atoms in total. The van der Waals surface area contributed by atoms with Crippen LogP contribution in [-0.4, -0.2) is 22.7 Å². The number of phenols is 1. The van der Waals surface area contributed by atoms with Gasteiger partial charge in [0.15, 0.2) is 0 Å².